The van der Waals surface area contributed by atoms with Gasteiger partial charge in [-0.15, -0.1) is 28.5 Å². The molecule has 2 aliphatic heterocycles. The molecule has 2 aromatic carbocycles. The van der Waals surface area contributed by atoms with E-state index in [1.165, 1.54) is 22.3 Å². The second-order valence-electron chi connectivity index (χ2n) is 19.0. The van der Waals surface area contributed by atoms with Crippen LogP contribution in [0.1, 0.15) is 134 Å². The molecule has 0 spiro atoms. The zero-order chi connectivity index (χ0) is 39.0. The molecule has 2 aliphatic rings. The van der Waals surface area contributed by atoms with Crippen molar-refractivity contribution in [3.05, 3.63) is 117 Å². The summed E-state index contributed by atoms with van der Waals surface area (Å²) in [4.78, 5) is 20.9. The van der Waals surface area contributed by atoms with Gasteiger partial charge in [0.2, 0.25) is 0 Å². The summed E-state index contributed by atoms with van der Waals surface area (Å²) in [7, 11) is 0. The van der Waals surface area contributed by atoms with Crippen LogP contribution >= 0.6 is 0 Å². The van der Waals surface area contributed by atoms with E-state index in [0.29, 0.717) is 16.6 Å². The van der Waals surface area contributed by atoms with Crippen LogP contribution in [0.4, 0.5) is 0 Å². The van der Waals surface area contributed by atoms with Gasteiger partial charge in [0.1, 0.15) is 0 Å². The van der Waals surface area contributed by atoms with Crippen LogP contribution in [-0.2, 0) is 41.1 Å². The zero-order valence-corrected chi connectivity index (χ0v) is 37.7. The first-order chi connectivity index (χ1) is 25.2. The maximum Gasteiger partial charge on any atom is 2.00 e. The fourth-order valence-electron chi connectivity index (χ4n) is 7.04. The molecule has 274 valence electrons. The molecule has 8 bridgehead atoms. The van der Waals surface area contributed by atoms with Crippen molar-refractivity contribution in [2.75, 3.05) is 0 Å². The van der Waals surface area contributed by atoms with Crippen molar-refractivity contribution in [2.24, 2.45) is 0 Å². The van der Waals surface area contributed by atoms with E-state index in [1.54, 1.807) is 0 Å². The maximum absolute atomic E-state index is 6.31. The molecule has 4 nitrogen and oxygen atoms in total. The molecular weight excluding hydrogens is 722 g/mol. The van der Waals surface area contributed by atoms with Crippen LogP contribution < -0.4 is 9.97 Å². The average molecular weight is 774 g/mol. The first-order valence-electron chi connectivity index (χ1n) is 19.0. The second-order valence-corrected chi connectivity index (χ2v) is 19.0. The summed E-state index contributed by atoms with van der Waals surface area (Å²) in [5.41, 5.74) is 16.1. The standard InChI is InChI=1S/C50H52N4.Zn/c1-14-38-39-19-21-43(53-39)45(30-23-32(47(2,3)4)27-33(24-30)48(5,6)7)41-17-15-36(51-41)29-37-16-18-42(52-37)46(44-22-20-40(38)54-44)31-25-34(49(8,9)10)28-35(26-31)50(11,12)13;/h1,15-29H,2-13H3;/q-2;+2. The van der Waals surface area contributed by atoms with Crippen LogP contribution in [0, 0.1) is 12.3 Å². The summed E-state index contributed by atoms with van der Waals surface area (Å²) >= 11 is 0. The van der Waals surface area contributed by atoms with E-state index in [9.17, 15) is 0 Å². The Balaban J connectivity index is 0.00000514. The summed E-state index contributed by atoms with van der Waals surface area (Å²) in [5, 5.41) is 0. The minimum Gasteiger partial charge on any atom is -0.656 e. The fourth-order valence-corrected chi connectivity index (χ4v) is 7.04. The first-order valence-corrected chi connectivity index (χ1v) is 19.0. The van der Waals surface area contributed by atoms with Crippen LogP contribution in [0.15, 0.2) is 66.7 Å². The monoisotopic (exact) mass is 772 g/mol. The van der Waals surface area contributed by atoms with Crippen molar-refractivity contribution in [3.8, 4) is 34.6 Å². The minimum absolute atomic E-state index is 0. The Labute approximate surface area is 340 Å². The van der Waals surface area contributed by atoms with Crippen LogP contribution in [0.2, 0.25) is 0 Å². The number of fused-ring (bicyclic) bond motifs is 8. The Morgan fingerprint density at radius 2 is 0.782 bits per heavy atom. The Kier molecular flexibility index (Phi) is 10.2. The Morgan fingerprint density at radius 3 is 1.09 bits per heavy atom. The van der Waals surface area contributed by atoms with Crippen molar-refractivity contribution in [2.45, 2.75) is 105 Å². The van der Waals surface area contributed by atoms with Crippen LogP contribution in [0.25, 0.3) is 68.6 Å². The van der Waals surface area contributed by atoms with Crippen molar-refractivity contribution >= 4 is 46.4 Å². The van der Waals surface area contributed by atoms with Gasteiger partial charge in [0.05, 0.1) is 22.8 Å². The normalized spacial score (nSPS) is 13.1. The molecule has 5 heteroatoms. The molecular formula is C50H52N4Zn. The molecule has 3 aromatic heterocycles. The first kappa shape index (κ1) is 39.9. The third-order valence-electron chi connectivity index (χ3n) is 10.5. The van der Waals surface area contributed by atoms with Gasteiger partial charge in [-0.1, -0.05) is 150 Å². The van der Waals surface area contributed by atoms with Gasteiger partial charge >= 0.3 is 19.5 Å². The van der Waals surface area contributed by atoms with E-state index in [1.807, 2.05) is 12.1 Å². The molecule has 0 N–H and O–H groups in total. The third kappa shape index (κ3) is 7.99. The summed E-state index contributed by atoms with van der Waals surface area (Å²) in [6, 6.07) is 24.1. The van der Waals surface area contributed by atoms with Crippen molar-refractivity contribution in [3.63, 3.8) is 0 Å². The molecule has 0 radical (unpaired) electrons. The largest absolute Gasteiger partial charge is 2.00 e. The molecule has 0 saturated carbocycles. The van der Waals surface area contributed by atoms with E-state index in [2.05, 4.69) is 168 Å². The quantitative estimate of drug-likeness (QED) is 0.130. The van der Waals surface area contributed by atoms with Crippen LogP contribution in [0.3, 0.4) is 0 Å². The molecule has 0 unspecified atom stereocenters. The molecule has 0 saturated heterocycles. The Hall–Kier alpha value is -4.78. The number of terminal acetylenes is 1. The number of hydrogen-bond acceptors (Lipinski definition) is 2. The number of benzene rings is 2. The van der Waals surface area contributed by atoms with Gasteiger partial charge in [-0.3, -0.25) is 0 Å². The molecule has 0 atom stereocenters. The fraction of sp³-hybridized carbons (Fsp3) is 0.320. The number of rotatable bonds is 2. The van der Waals surface area contributed by atoms with Gasteiger partial charge in [0.25, 0.3) is 0 Å². The van der Waals surface area contributed by atoms with E-state index < -0.39 is 0 Å². The van der Waals surface area contributed by atoms with Gasteiger partial charge in [0.15, 0.2) is 0 Å². The summed E-state index contributed by atoms with van der Waals surface area (Å²) in [6.45, 7) is 27.2. The zero-order valence-electron chi connectivity index (χ0n) is 34.7. The SMILES string of the molecule is C#Cc1c2ccc([n-]2)c(-c2cc(C(C)(C)C)cc(C(C)(C)C)c2)c2nc(cc3nc(c(-c4cc(C(C)(C)C)cc(C(C)(C)C)c4)c4ccc1[n-]4)C=C3)C=C2.[Zn+2]. The molecule has 0 fully saturated rings. The van der Waals surface area contributed by atoms with Gasteiger partial charge in [0, 0.05) is 0 Å². The molecule has 5 heterocycles. The van der Waals surface area contributed by atoms with Crippen molar-refractivity contribution in [1.82, 2.24) is 19.9 Å². The Bertz CT molecular complexity index is 2350. The van der Waals surface area contributed by atoms with Crippen molar-refractivity contribution < 1.29 is 19.5 Å². The Morgan fingerprint density at radius 1 is 0.455 bits per heavy atom. The number of hydrogen-bond donors (Lipinski definition) is 0. The van der Waals surface area contributed by atoms with E-state index in [-0.39, 0.29) is 41.1 Å². The van der Waals surface area contributed by atoms with Gasteiger partial charge in [-0.2, -0.15) is 0 Å². The molecule has 55 heavy (non-hydrogen) atoms. The molecule has 5 aromatic rings. The van der Waals surface area contributed by atoms with Gasteiger partial charge in [-0.05, 0) is 102 Å². The molecule has 0 amide bonds. The number of nitrogens with zero attached hydrogens (tertiary/aromatic N) is 4. The van der Waals surface area contributed by atoms with Gasteiger partial charge in [-0.25, -0.2) is 9.97 Å². The summed E-state index contributed by atoms with van der Waals surface area (Å²) in [6.07, 6.45) is 14.6. The average Bonchev–Trinajstić information content (AvgIpc) is 3.90. The topological polar surface area (TPSA) is 54.0 Å². The van der Waals surface area contributed by atoms with Crippen LogP contribution in [-0.4, -0.2) is 9.97 Å². The summed E-state index contributed by atoms with van der Waals surface area (Å²) in [5.74, 6) is 2.96. The maximum atomic E-state index is 6.31. The van der Waals surface area contributed by atoms with E-state index in [4.69, 9.17) is 26.4 Å². The van der Waals surface area contributed by atoms with E-state index >= 15 is 0 Å². The van der Waals surface area contributed by atoms with Gasteiger partial charge < -0.3 is 9.97 Å². The second kappa shape index (κ2) is 14.1. The van der Waals surface area contributed by atoms with Crippen LogP contribution in [0.5, 0.6) is 0 Å². The number of aromatic nitrogens is 4. The van der Waals surface area contributed by atoms with Crippen molar-refractivity contribution in [1.29, 1.82) is 0 Å². The predicted octanol–water partition coefficient (Wildman–Crippen LogP) is 12.4. The third-order valence-corrected chi connectivity index (χ3v) is 10.5. The van der Waals surface area contributed by atoms with E-state index in [0.717, 1.165) is 56.1 Å². The molecule has 0 aliphatic carbocycles. The smallest absolute Gasteiger partial charge is 0.656 e. The summed E-state index contributed by atoms with van der Waals surface area (Å²) < 4.78 is 0. The molecule has 7 rings (SSSR count). The minimum atomic E-state index is -0.0527. The predicted molar refractivity (Wildman–Crippen MR) is 230 cm³/mol.